The first kappa shape index (κ1) is 21.0. The van der Waals surface area contributed by atoms with E-state index < -0.39 is 0 Å². The number of anilines is 1. The lowest BCUT2D eigenvalue weighted by molar-refractivity contribution is 0.195. The number of hydrogen-bond donors (Lipinski definition) is 1. The second-order valence-electron chi connectivity index (χ2n) is 9.71. The van der Waals surface area contributed by atoms with Gasteiger partial charge in [-0.15, -0.1) is 0 Å². The van der Waals surface area contributed by atoms with Gasteiger partial charge in [-0.2, -0.15) is 0 Å². The molecule has 2 aliphatic rings. The van der Waals surface area contributed by atoms with E-state index >= 15 is 0 Å². The van der Waals surface area contributed by atoms with Crippen molar-refractivity contribution in [2.24, 2.45) is 17.6 Å². The van der Waals surface area contributed by atoms with E-state index in [1.54, 1.807) is 0 Å². The molecule has 2 heterocycles. The van der Waals surface area contributed by atoms with Crippen LogP contribution in [0.3, 0.4) is 0 Å². The van der Waals surface area contributed by atoms with E-state index in [0.29, 0.717) is 31.5 Å². The third kappa shape index (κ3) is 4.11. The highest BCUT2D eigenvalue weighted by Gasteiger charge is 2.34. The average Bonchev–Trinajstić information content (AvgIpc) is 3.54. The van der Waals surface area contributed by atoms with Crippen molar-refractivity contribution in [3.8, 4) is 0 Å². The number of rotatable bonds is 8. The van der Waals surface area contributed by atoms with E-state index in [2.05, 4.69) is 54.8 Å². The quantitative estimate of drug-likeness (QED) is 0.552. The Labute approximate surface area is 190 Å². The van der Waals surface area contributed by atoms with E-state index in [9.17, 15) is 4.79 Å². The van der Waals surface area contributed by atoms with E-state index in [-0.39, 0.29) is 6.03 Å². The molecule has 1 fully saturated rings. The molecule has 3 aromatic rings. The summed E-state index contributed by atoms with van der Waals surface area (Å²) in [7, 11) is 0. The van der Waals surface area contributed by atoms with E-state index in [0.717, 1.165) is 47.6 Å². The second-order valence-corrected chi connectivity index (χ2v) is 9.71. The highest BCUT2D eigenvalue weighted by Crippen LogP contribution is 2.35. The number of urea groups is 1. The predicted molar refractivity (Wildman–Crippen MR) is 128 cm³/mol. The van der Waals surface area contributed by atoms with Gasteiger partial charge in [0.25, 0.3) is 0 Å². The van der Waals surface area contributed by atoms with Crippen molar-refractivity contribution < 1.29 is 4.79 Å². The van der Waals surface area contributed by atoms with Crippen LogP contribution in [0.4, 0.5) is 10.5 Å². The maximum Gasteiger partial charge on any atom is 0.325 e. The minimum atomic E-state index is 0.0979. The minimum Gasteiger partial charge on any atom is -0.326 e. The summed E-state index contributed by atoms with van der Waals surface area (Å²) in [6.45, 7) is 7.90. The molecular weight excluding hydrogens is 398 g/mol. The maximum absolute atomic E-state index is 13.5. The fraction of sp³-hybridized carbons (Fsp3) is 0.462. The maximum atomic E-state index is 13.5. The fourth-order valence-electron chi connectivity index (χ4n) is 4.61. The molecule has 0 spiro atoms. The van der Waals surface area contributed by atoms with Gasteiger partial charge in [0.05, 0.1) is 23.3 Å². The van der Waals surface area contributed by atoms with Gasteiger partial charge in [0.2, 0.25) is 0 Å². The molecule has 1 aliphatic carbocycles. The molecule has 0 bridgehead atoms. The lowest BCUT2D eigenvalue weighted by atomic mass is 10.1. The lowest BCUT2D eigenvalue weighted by Crippen LogP contribution is -2.47. The second kappa shape index (κ2) is 8.58. The van der Waals surface area contributed by atoms with Gasteiger partial charge in [0.15, 0.2) is 0 Å². The Hall–Kier alpha value is -2.86. The van der Waals surface area contributed by atoms with Crippen molar-refractivity contribution in [3.63, 3.8) is 0 Å². The number of nitrogens with two attached hydrogens (primary N) is 1. The number of benzene rings is 2. The molecular formula is C26H33N5O. The van der Waals surface area contributed by atoms with Crippen LogP contribution in [0.5, 0.6) is 0 Å². The fourth-order valence-corrected chi connectivity index (χ4v) is 4.61. The number of imidazole rings is 1. The van der Waals surface area contributed by atoms with Gasteiger partial charge in [-0.05, 0) is 60.4 Å². The molecule has 2 N–H and O–H groups in total. The topological polar surface area (TPSA) is 67.4 Å². The first-order chi connectivity index (χ1) is 15.5. The van der Waals surface area contributed by atoms with Gasteiger partial charge in [0.1, 0.15) is 5.82 Å². The first-order valence-electron chi connectivity index (χ1n) is 11.9. The molecule has 5 rings (SSSR count). The van der Waals surface area contributed by atoms with Gasteiger partial charge in [-0.25, -0.2) is 9.78 Å². The summed E-state index contributed by atoms with van der Waals surface area (Å²) in [5, 5.41) is 0. The monoisotopic (exact) mass is 431 g/mol. The minimum absolute atomic E-state index is 0.0979. The van der Waals surface area contributed by atoms with Gasteiger partial charge in [-0.3, -0.25) is 4.90 Å². The van der Waals surface area contributed by atoms with Crippen molar-refractivity contribution in [3.05, 3.63) is 59.4 Å². The van der Waals surface area contributed by atoms with Crippen LogP contribution in [0.15, 0.2) is 42.5 Å². The Morgan fingerprint density at radius 1 is 1.16 bits per heavy atom. The van der Waals surface area contributed by atoms with Crippen LogP contribution in [0.25, 0.3) is 11.0 Å². The summed E-state index contributed by atoms with van der Waals surface area (Å²) in [4.78, 5) is 22.5. The molecule has 32 heavy (non-hydrogen) atoms. The largest absolute Gasteiger partial charge is 0.326 e. The standard InChI is InChI=1S/C26H33N5O/c1-18(2)11-12-30-24-10-9-20(14-27)13-22(24)28-25(30)17-31-23-6-4-3-5-21(23)16-29(26(31)32)15-19-7-8-19/h3-6,9-10,13,18-19H,7-8,11-12,14-17,27H2,1-2H3. The molecule has 168 valence electrons. The number of aryl methyl sites for hydroxylation is 1. The number of amides is 2. The number of carbonyl (C=O) groups is 1. The number of aromatic nitrogens is 2. The third-order valence-corrected chi connectivity index (χ3v) is 6.68. The molecule has 6 heteroatoms. The summed E-state index contributed by atoms with van der Waals surface area (Å²) in [6.07, 6.45) is 3.54. The van der Waals surface area contributed by atoms with Crippen LogP contribution in [0, 0.1) is 11.8 Å². The van der Waals surface area contributed by atoms with Crippen LogP contribution in [0.1, 0.15) is 50.1 Å². The Bertz CT molecular complexity index is 1130. The van der Waals surface area contributed by atoms with Crippen molar-refractivity contribution in [1.29, 1.82) is 0 Å². The highest BCUT2D eigenvalue weighted by molar-refractivity contribution is 5.95. The molecule has 1 saturated carbocycles. The van der Waals surface area contributed by atoms with Crippen LogP contribution in [-0.2, 0) is 26.2 Å². The highest BCUT2D eigenvalue weighted by atomic mass is 16.2. The Kier molecular flexibility index (Phi) is 5.64. The zero-order valence-electron chi connectivity index (χ0n) is 19.1. The summed E-state index contributed by atoms with van der Waals surface area (Å²) >= 11 is 0. The Morgan fingerprint density at radius 2 is 1.97 bits per heavy atom. The van der Waals surface area contributed by atoms with Gasteiger partial charge >= 0.3 is 6.03 Å². The average molecular weight is 432 g/mol. The van der Waals surface area contributed by atoms with Gasteiger partial charge in [-0.1, -0.05) is 38.1 Å². The number of nitrogens with zero attached hydrogens (tertiary/aromatic N) is 4. The van der Waals surface area contributed by atoms with Crippen LogP contribution in [0.2, 0.25) is 0 Å². The summed E-state index contributed by atoms with van der Waals surface area (Å²) in [6, 6.07) is 14.7. The normalized spacial score (nSPS) is 16.3. The van der Waals surface area contributed by atoms with E-state index in [1.807, 2.05) is 15.9 Å². The van der Waals surface area contributed by atoms with Crippen LogP contribution >= 0.6 is 0 Å². The zero-order chi connectivity index (χ0) is 22.2. The van der Waals surface area contributed by atoms with Gasteiger partial charge in [0, 0.05) is 26.2 Å². The smallest absolute Gasteiger partial charge is 0.325 e. The zero-order valence-corrected chi connectivity index (χ0v) is 19.1. The molecule has 0 saturated heterocycles. The van der Waals surface area contributed by atoms with Crippen molar-refractivity contribution in [2.45, 2.75) is 59.3 Å². The van der Waals surface area contributed by atoms with Gasteiger partial charge < -0.3 is 15.2 Å². The summed E-state index contributed by atoms with van der Waals surface area (Å²) in [5.41, 5.74) is 11.2. The number of fused-ring (bicyclic) bond motifs is 2. The Balaban J connectivity index is 1.52. The third-order valence-electron chi connectivity index (χ3n) is 6.68. The number of carbonyl (C=O) groups excluding carboxylic acids is 1. The molecule has 1 aromatic heterocycles. The van der Waals surface area contributed by atoms with E-state index in [4.69, 9.17) is 10.7 Å². The molecule has 0 radical (unpaired) electrons. The molecule has 2 aromatic carbocycles. The number of hydrogen-bond acceptors (Lipinski definition) is 3. The van der Waals surface area contributed by atoms with Crippen molar-refractivity contribution >= 4 is 22.8 Å². The Morgan fingerprint density at radius 3 is 2.72 bits per heavy atom. The van der Waals surface area contributed by atoms with Crippen molar-refractivity contribution in [2.75, 3.05) is 11.4 Å². The predicted octanol–water partition coefficient (Wildman–Crippen LogP) is 4.89. The number of para-hydroxylation sites is 1. The first-order valence-corrected chi connectivity index (χ1v) is 11.9. The summed E-state index contributed by atoms with van der Waals surface area (Å²) < 4.78 is 2.30. The molecule has 2 amide bonds. The molecule has 1 aliphatic heterocycles. The molecule has 0 unspecified atom stereocenters. The SMILES string of the molecule is CC(C)CCn1c(CN2C(=O)N(CC3CC3)Cc3ccccc32)nc2cc(CN)ccc21. The summed E-state index contributed by atoms with van der Waals surface area (Å²) in [5.74, 6) is 2.19. The van der Waals surface area contributed by atoms with Crippen molar-refractivity contribution in [1.82, 2.24) is 14.5 Å². The van der Waals surface area contributed by atoms with Crippen LogP contribution in [-0.4, -0.2) is 27.0 Å². The lowest BCUT2D eigenvalue weighted by Gasteiger charge is -2.37. The van der Waals surface area contributed by atoms with E-state index in [1.165, 1.54) is 18.4 Å². The molecule has 6 nitrogen and oxygen atoms in total. The molecule has 0 atom stereocenters. The van der Waals surface area contributed by atoms with Crippen LogP contribution < -0.4 is 10.6 Å².